The van der Waals surface area contributed by atoms with Crippen molar-refractivity contribution < 1.29 is 14.3 Å². The summed E-state index contributed by atoms with van der Waals surface area (Å²) in [6.07, 6.45) is 1.73. The predicted molar refractivity (Wildman–Crippen MR) is 105 cm³/mol. The van der Waals surface area contributed by atoms with Gasteiger partial charge in [0.1, 0.15) is 5.60 Å². The molecule has 0 N–H and O–H groups in total. The monoisotopic (exact) mass is 405 g/mol. The molecule has 0 aliphatic carbocycles. The van der Waals surface area contributed by atoms with Crippen molar-refractivity contribution in [1.29, 1.82) is 0 Å². The topological polar surface area (TPSA) is 38.8 Å². The van der Waals surface area contributed by atoms with Gasteiger partial charge in [0.25, 0.3) is 0 Å². The highest BCUT2D eigenvalue weighted by Gasteiger charge is 2.36. The zero-order chi connectivity index (χ0) is 18.6. The van der Waals surface area contributed by atoms with Crippen LogP contribution in [0.3, 0.4) is 0 Å². The van der Waals surface area contributed by atoms with Crippen LogP contribution in [0.1, 0.15) is 32.3 Å². The number of hydrogen-bond acceptors (Lipinski definition) is 4. The molecule has 0 saturated carbocycles. The number of carbonyl (C=O) groups excluding carboxylic acids is 1. The third-order valence-electron chi connectivity index (χ3n) is 3.98. The highest BCUT2D eigenvalue weighted by molar-refractivity contribution is 7.98. The first-order valence-corrected chi connectivity index (χ1v) is 10.4. The minimum atomic E-state index is -0.534. The van der Waals surface area contributed by atoms with Gasteiger partial charge in [-0.2, -0.15) is 11.8 Å². The summed E-state index contributed by atoms with van der Waals surface area (Å²) in [5, 5.41) is 1.03. The number of benzene rings is 1. The standard InChI is InChI=1S/C18H25Cl2NO3S/c1-18(2,3)24-17(22)21-7-8-23-10-13(16(21)11-25-4)12-5-6-14(19)15(20)9-12/h5-6,9,13,16H,7-8,10-11H2,1-4H3. The van der Waals surface area contributed by atoms with Crippen LogP contribution in [0.2, 0.25) is 10.0 Å². The summed E-state index contributed by atoms with van der Waals surface area (Å²) in [4.78, 5) is 14.5. The molecular formula is C18H25Cl2NO3S. The van der Waals surface area contributed by atoms with Gasteiger partial charge in [-0.1, -0.05) is 29.3 Å². The normalized spacial score (nSPS) is 21.8. The molecule has 140 valence electrons. The molecule has 0 radical (unpaired) electrons. The maximum atomic E-state index is 12.7. The van der Waals surface area contributed by atoms with E-state index in [0.717, 1.165) is 11.3 Å². The lowest BCUT2D eigenvalue weighted by atomic mass is 9.92. The van der Waals surface area contributed by atoms with Crippen LogP contribution >= 0.6 is 35.0 Å². The molecule has 1 amide bonds. The van der Waals surface area contributed by atoms with E-state index in [0.29, 0.717) is 29.8 Å². The molecule has 1 aromatic rings. The summed E-state index contributed by atoms with van der Waals surface area (Å²) >= 11 is 13.9. The average Bonchev–Trinajstić information content (AvgIpc) is 2.71. The lowest BCUT2D eigenvalue weighted by Crippen LogP contribution is -2.47. The number of nitrogens with zero attached hydrogens (tertiary/aromatic N) is 1. The van der Waals surface area contributed by atoms with E-state index in [9.17, 15) is 4.79 Å². The van der Waals surface area contributed by atoms with Gasteiger partial charge in [-0.05, 0) is 44.7 Å². The third-order valence-corrected chi connectivity index (χ3v) is 5.39. The number of amides is 1. The number of carbonyl (C=O) groups is 1. The van der Waals surface area contributed by atoms with E-state index in [1.54, 1.807) is 22.7 Å². The zero-order valence-corrected chi connectivity index (χ0v) is 17.4. The van der Waals surface area contributed by atoms with Crippen molar-refractivity contribution in [2.24, 2.45) is 0 Å². The van der Waals surface area contributed by atoms with Gasteiger partial charge in [-0.25, -0.2) is 4.79 Å². The van der Waals surface area contributed by atoms with Gasteiger partial charge in [0, 0.05) is 18.2 Å². The fourth-order valence-corrected chi connectivity index (χ4v) is 3.91. The molecule has 1 aromatic carbocycles. The van der Waals surface area contributed by atoms with Gasteiger partial charge < -0.3 is 14.4 Å². The molecule has 1 saturated heterocycles. The lowest BCUT2D eigenvalue weighted by molar-refractivity contribution is 0.0171. The van der Waals surface area contributed by atoms with E-state index in [1.165, 1.54) is 0 Å². The van der Waals surface area contributed by atoms with E-state index >= 15 is 0 Å². The molecule has 4 nitrogen and oxygen atoms in total. The maximum absolute atomic E-state index is 12.7. The minimum Gasteiger partial charge on any atom is -0.444 e. The molecular weight excluding hydrogens is 381 g/mol. The van der Waals surface area contributed by atoms with Gasteiger partial charge >= 0.3 is 6.09 Å². The van der Waals surface area contributed by atoms with Crippen LogP contribution in [0, 0.1) is 0 Å². The highest BCUT2D eigenvalue weighted by atomic mass is 35.5. The Morgan fingerprint density at radius 3 is 2.68 bits per heavy atom. The molecule has 0 aromatic heterocycles. The van der Waals surface area contributed by atoms with Crippen molar-refractivity contribution in [1.82, 2.24) is 4.90 Å². The smallest absolute Gasteiger partial charge is 0.410 e. The van der Waals surface area contributed by atoms with Crippen LogP contribution in [-0.4, -0.2) is 54.4 Å². The Bertz CT molecular complexity index is 606. The fourth-order valence-electron chi connectivity index (χ4n) is 2.85. The van der Waals surface area contributed by atoms with E-state index in [-0.39, 0.29) is 18.1 Å². The number of thioether (sulfide) groups is 1. The Morgan fingerprint density at radius 2 is 2.08 bits per heavy atom. The summed E-state index contributed by atoms with van der Waals surface area (Å²) < 4.78 is 11.4. The number of rotatable bonds is 3. The van der Waals surface area contributed by atoms with Crippen LogP contribution in [0.25, 0.3) is 0 Å². The van der Waals surface area contributed by atoms with Gasteiger partial charge in [0.15, 0.2) is 0 Å². The molecule has 1 heterocycles. The Morgan fingerprint density at radius 1 is 1.36 bits per heavy atom. The molecule has 2 rings (SSSR count). The fraction of sp³-hybridized carbons (Fsp3) is 0.611. The Balaban J connectivity index is 2.33. The van der Waals surface area contributed by atoms with E-state index in [1.807, 2.05) is 39.2 Å². The van der Waals surface area contributed by atoms with Crippen molar-refractivity contribution >= 4 is 41.1 Å². The van der Waals surface area contributed by atoms with Crippen molar-refractivity contribution in [3.63, 3.8) is 0 Å². The van der Waals surface area contributed by atoms with Crippen LogP contribution in [-0.2, 0) is 9.47 Å². The molecule has 25 heavy (non-hydrogen) atoms. The lowest BCUT2D eigenvalue weighted by Gasteiger charge is -2.35. The maximum Gasteiger partial charge on any atom is 0.410 e. The van der Waals surface area contributed by atoms with Gasteiger partial charge in [-0.3, -0.25) is 0 Å². The van der Waals surface area contributed by atoms with Gasteiger partial charge in [-0.15, -0.1) is 0 Å². The van der Waals surface area contributed by atoms with Crippen molar-refractivity contribution in [2.75, 3.05) is 31.8 Å². The molecule has 1 aliphatic heterocycles. The molecule has 0 bridgehead atoms. The molecule has 7 heteroatoms. The second-order valence-electron chi connectivity index (χ2n) is 7.05. The molecule has 1 fully saturated rings. The highest BCUT2D eigenvalue weighted by Crippen LogP contribution is 2.33. The number of ether oxygens (including phenoxy) is 2. The van der Waals surface area contributed by atoms with E-state index in [2.05, 4.69) is 0 Å². The largest absolute Gasteiger partial charge is 0.444 e. The first kappa shape index (κ1) is 20.7. The Kier molecular flexibility index (Phi) is 7.32. The first-order chi connectivity index (χ1) is 11.7. The minimum absolute atomic E-state index is 0.0113. The summed E-state index contributed by atoms with van der Waals surface area (Å²) in [5.41, 5.74) is 0.483. The van der Waals surface area contributed by atoms with E-state index < -0.39 is 5.60 Å². The predicted octanol–water partition coefficient (Wildman–Crippen LogP) is 5.08. The summed E-state index contributed by atoms with van der Waals surface area (Å²) in [7, 11) is 0. The second kappa shape index (κ2) is 8.85. The van der Waals surface area contributed by atoms with Crippen LogP contribution in [0.4, 0.5) is 4.79 Å². The zero-order valence-electron chi connectivity index (χ0n) is 15.1. The van der Waals surface area contributed by atoms with Crippen molar-refractivity contribution in [3.05, 3.63) is 33.8 Å². The quantitative estimate of drug-likeness (QED) is 0.702. The van der Waals surface area contributed by atoms with Gasteiger partial charge in [0.05, 0.1) is 29.3 Å². The molecule has 1 aliphatic rings. The summed E-state index contributed by atoms with van der Waals surface area (Å²) in [6, 6.07) is 5.57. The number of halogens is 2. The Hall–Kier alpha value is -0.620. The number of hydrogen-bond donors (Lipinski definition) is 0. The first-order valence-electron chi connectivity index (χ1n) is 8.24. The molecule has 0 spiro atoms. The van der Waals surface area contributed by atoms with Gasteiger partial charge in [0.2, 0.25) is 0 Å². The van der Waals surface area contributed by atoms with Crippen molar-refractivity contribution in [2.45, 2.75) is 38.3 Å². The summed E-state index contributed by atoms with van der Waals surface area (Å²) in [5.74, 6) is 0.797. The third kappa shape index (κ3) is 5.68. The van der Waals surface area contributed by atoms with E-state index in [4.69, 9.17) is 32.7 Å². The van der Waals surface area contributed by atoms with Crippen LogP contribution in [0.15, 0.2) is 18.2 Å². The van der Waals surface area contributed by atoms with Crippen LogP contribution in [0.5, 0.6) is 0 Å². The Labute approximate surface area is 164 Å². The SMILES string of the molecule is CSCC1C(c2ccc(Cl)c(Cl)c2)COCCN1C(=O)OC(C)(C)C. The molecule has 2 unspecified atom stereocenters. The summed E-state index contributed by atoms with van der Waals surface area (Å²) in [6.45, 7) is 7.15. The van der Waals surface area contributed by atoms with Crippen molar-refractivity contribution in [3.8, 4) is 0 Å². The second-order valence-corrected chi connectivity index (χ2v) is 8.78. The molecule has 2 atom stereocenters. The average molecular weight is 406 g/mol. The van der Waals surface area contributed by atoms with Crippen LogP contribution < -0.4 is 0 Å².